The maximum atomic E-state index is 12.0. The molecule has 0 spiro atoms. The molecule has 0 bridgehead atoms. The van der Waals surface area contributed by atoms with E-state index >= 15 is 0 Å². The number of ketones is 1. The summed E-state index contributed by atoms with van der Waals surface area (Å²) >= 11 is 0. The maximum absolute atomic E-state index is 12.0. The Morgan fingerprint density at radius 3 is 2.44 bits per heavy atom. The zero-order chi connectivity index (χ0) is 18.3. The van der Waals surface area contributed by atoms with E-state index < -0.39 is 0 Å². The first kappa shape index (κ1) is 19.4. The van der Waals surface area contributed by atoms with Gasteiger partial charge in [-0.15, -0.1) is 0 Å². The summed E-state index contributed by atoms with van der Waals surface area (Å²) in [4.78, 5) is 25.9. The quantitative estimate of drug-likeness (QED) is 0.727. The van der Waals surface area contributed by atoms with Gasteiger partial charge in [0.25, 0.3) is 5.91 Å². The van der Waals surface area contributed by atoms with E-state index in [0.29, 0.717) is 24.3 Å². The topological polar surface area (TPSA) is 67.9 Å². The van der Waals surface area contributed by atoms with E-state index in [1.54, 1.807) is 24.3 Å². The van der Waals surface area contributed by atoms with Crippen molar-refractivity contribution >= 4 is 11.7 Å². The first-order valence-electron chi connectivity index (χ1n) is 8.78. The number of benzene rings is 1. The lowest BCUT2D eigenvalue weighted by Crippen LogP contribution is -2.55. The van der Waals surface area contributed by atoms with E-state index in [-0.39, 0.29) is 23.8 Å². The van der Waals surface area contributed by atoms with Crippen LogP contribution in [0.25, 0.3) is 0 Å². The van der Waals surface area contributed by atoms with Gasteiger partial charge >= 0.3 is 0 Å². The molecule has 1 aromatic carbocycles. The van der Waals surface area contributed by atoms with E-state index in [1.807, 2.05) is 6.92 Å². The van der Waals surface area contributed by atoms with Gasteiger partial charge in [0.1, 0.15) is 5.75 Å². The molecule has 1 aromatic rings. The van der Waals surface area contributed by atoms with E-state index in [9.17, 15) is 9.59 Å². The van der Waals surface area contributed by atoms with Crippen LogP contribution in [-0.4, -0.2) is 61.6 Å². The molecule has 25 heavy (non-hydrogen) atoms. The number of morpholine rings is 1. The fourth-order valence-electron chi connectivity index (χ4n) is 2.74. The third-order valence-corrected chi connectivity index (χ3v) is 4.45. The molecule has 0 radical (unpaired) electrons. The molecular weight excluding hydrogens is 320 g/mol. The molecule has 0 saturated carbocycles. The highest BCUT2D eigenvalue weighted by atomic mass is 16.5. The molecule has 138 valence electrons. The van der Waals surface area contributed by atoms with Crippen LogP contribution in [0.5, 0.6) is 5.75 Å². The van der Waals surface area contributed by atoms with Crippen LogP contribution in [0.15, 0.2) is 24.3 Å². The molecule has 0 aliphatic carbocycles. The monoisotopic (exact) mass is 348 g/mol. The van der Waals surface area contributed by atoms with Crippen molar-refractivity contribution in [1.29, 1.82) is 0 Å². The van der Waals surface area contributed by atoms with E-state index in [4.69, 9.17) is 9.47 Å². The Kier molecular flexibility index (Phi) is 6.96. The predicted octanol–water partition coefficient (Wildman–Crippen LogP) is 1.89. The highest BCUT2D eigenvalue weighted by Gasteiger charge is 2.28. The minimum absolute atomic E-state index is 0.0414. The normalized spacial score (nSPS) is 15.6. The van der Waals surface area contributed by atoms with Crippen molar-refractivity contribution in [2.75, 3.05) is 39.5 Å². The van der Waals surface area contributed by atoms with Gasteiger partial charge in [-0.05, 0) is 38.1 Å². The average molecular weight is 348 g/mol. The van der Waals surface area contributed by atoms with Gasteiger partial charge in [0, 0.05) is 37.2 Å². The van der Waals surface area contributed by atoms with Crippen molar-refractivity contribution < 1.29 is 19.1 Å². The molecule has 0 aromatic heterocycles. The molecule has 1 fully saturated rings. The molecule has 1 saturated heterocycles. The number of nitrogens with zero attached hydrogens (tertiary/aromatic N) is 1. The van der Waals surface area contributed by atoms with Crippen molar-refractivity contribution in [3.8, 4) is 5.75 Å². The summed E-state index contributed by atoms with van der Waals surface area (Å²) in [5, 5.41) is 2.93. The highest BCUT2D eigenvalue weighted by Crippen LogP contribution is 2.15. The molecule has 2 rings (SSSR count). The smallest absolute Gasteiger partial charge is 0.258 e. The van der Waals surface area contributed by atoms with E-state index in [2.05, 4.69) is 24.1 Å². The van der Waals surface area contributed by atoms with Gasteiger partial charge in [0.2, 0.25) is 0 Å². The Labute approximate surface area is 149 Å². The maximum Gasteiger partial charge on any atom is 0.258 e. The molecule has 0 atom stereocenters. The second-order valence-electron chi connectivity index (χ2n) is 6.78. The summed E-state index contributed by atoms with van der Waals surface area (Å²) in [6, 6.07) is 6.88. The van der Waals surface area contributed by atoms with Crippen molar-refractivity contribution in [2.45, 2.75) is 32.7 Å². The number of hydrogen-bond acceptors (Lipinski definition) is 5. The summed E-state index contributed by atoms with van der Waals surface area (Å²) in [6.07, 6.45) is 0.474. The first-order chi connectivity index (χ1) is 11.9. The van der Waals surface area contributed by atoms with Crippen molar-refractivity contribution in [3.63, 3.8) is 0 Å². The predicted molar refractivity (Wildman–Crippen MR) is 96.0 cm³/mol. The molecule has 6 heteroatoms. The van der Waals surface area contributed by atoms with Crippen LogP contribution in [0.4, 0.5) is 0 Å². The van der Waals surface area contributed by atoms with Crippen LogP contribution in [0.2, 0.25) is 0 Å². The minimum atomic E-state index is -0.157. The van der Waals surface area contributed by atoms with E-state index in [1.165, 1.54) is 0 Å². The lowest BCUT2D eigenvalue weighted by molar-refractivity contribution is -0.123. The third-order valence-electron chi connectivity index (χ3n) is 4.45. The van der Waals surface area contributed by atoms with Crippen LogP contribution in [0.3, 0.4) is 0 Å². The first-order valence-corrected chi connectivity index (χ1v) is 8.78. The number of amides is 1. The van der Waals surface area contributed by atoms with Gasteiger partial charge in [-0.1, -0.05) is 6.92 Å². The summed E-state index contributed by atoms with van der Waals surface area (Å²) in [5.74, 6) is 0.514. The minimum Gasteiger partial charge on any atom is -0.484 e. The van der Waals surface area contributed by atoms with Gasteiger partial charge in [-0.2, -0.15) is 0 Å². The van der Waals surface area contributed by atoms with Crippen molar-refractivity contribution in [2.24, 2.45) is 0 Å². The van der Waals surface area contributed by atoms with Crippen LogP contribution in [0.1, 0.15) is 37.6 Å². The molecular formula is C19H28N2O4. The second-order valence-corrected chi connectivity index (χ2v) is 6.78. The molecule has 0 unspecified atom stereocenters. The van der Waals surface area contributed by atoms with Crippen molar-refractivity contribution in [1.82, 2.24) is 10.2 Å². The van der Waals surface area contributed by atoms with Crippen LogP contribution < -0.4 is 10.1 Å². The van der Waals surface area contributed by atoms with Gasteiger partial charge in [0.15, 0.2) is 12.4 Å². The molecule has 1 amide bonds. The molecule has 1 heterocycles. The van der Waals surface area contributed by atoms with Gasteiger partial charge in [0.05, 0.1) is 13.2 Å². The zero-order valence-electron chi connectivity index (χ0n) is 15.3. The number of rotatable bonds is 8. The largest absolute Gasteiger partial charge is 0.484 e. The fourth-order valence-corrected chi connectivity index (χ4v) is 2.74. The van der Waals surface area contributed by atoms with E-state index in [0.717, 1.165) is 26.3 Å². The summed E-state index contributed by atoms with van der Waals surface area (Å²) in [5.41, 5.74) is 0.535. The lowest BCUT2D eigenvalue weighted by Gasteiger charge is -2.40. The standard InChI is InChI=1S/C19H28N2O4/c1-4-17(22)15-5-7-16(8-6-15)25-13-18(23)20-14-19(2,3)21-9-11-24-12-10-21/h5-8H,4,9-14H2,1-3H3,(H,20,23). The molecule has 1 aliphatic heterocycles. The van der Waals surface area contributed by atoms with Crippen LogP contribution >= 0.6 is 0 Å². The van der Waals surface area contributed by atoms with Crippen LogP contribution in [-0.2, 0) is 9.53 Å². The third kappa shape index (κ3) is 5.83. The Morgan fingerprint density at radius 1 is 1.20 bits per heavy atom. The second kappa shape index (κ2) is 8.97. The van der Waals surface area contributed by atoms with Gasteiger partial charge in [-0.3, -0.25) is 14.5 Å². The van der Waals surface area contributed by atoms with Crippen LogP contribution in [0, 0.1) is 0 Å². The number of ether oxygens (including phenoxy) is 2. The SMILES string of the molecule is CCC(=O)c1ccc(OCC(=O)NCC(C)(C)N2CCOCC2)cc1. The summed E-state index contributed by atoms with van der Waals surface area (Å²) in [7, 11) is 0. The molecule has 6 nitrogen and oxygen atoms in total. The van der Waals surface area contributed by atoms with Gasteiger partial charge in [-0.25, -0.2) is 0 Å². The zero-order valence-corrected chi connectivity index (χ0v) is 15.3. The number of Topliss-reactive ketones (excluding diaryl/α,β-unsaturated/α-hetero) is 1. The number of carbonyl (C=O) groups is 2. The average Bonchev–Trinajstić information content (AvgIpc) is 2.65. The van der Waals surface area contributed by atoms with Gasteiger partial charge < -0.3 is 14.8 Å². The van der Waals surface area contributed by atoms with Crippen molar-refractivity contribution in [3.05, 3.63) is 29.8 Å². The molecule has 1 N–H and O–H groups in total. The number of carbonyl (C=O) groups excluding carboxylic acids is 2. The highest BCUT2D eigenvalue weighted by molar-refractivity contribution is 5.95. The Balaban J connectivity index is 1.75. The Morgan fingerprint density at radius 2 is 1.84 bits per heavy atom. The Hall–Kier alpha value is -1.92. The number of nitrogens with one attached hydrogen (secondary N) is 1. The lowest BCUT2D eigenvalue weighted by atomic mass is 10.0. The Bertz CT molecular complexity index is 578. The summed E-state index contributed by atoms with van der Waals surface area (Å²) < 4.78 is 10.9. The molecule has 1 aliphatic rings. The fraction of sp³-hybridized carbons (Fsp3) is 0.579. The summed E-state index contributed by atoms with van der Waals surface area (Å²) in [6.45, 7) is 9.79. The number of hydrogen-bond donors (Lipinski definition) is 1.